The van der Waals surface area contributed by atoms with E-state index in [1.165, 1.54) is 31.5 Å². The molecule has 2 saturated heterocycles. The highest BCUT2D eigenvalue weighted by molar-refractivity contribution is 5.61. The lowest BCUT2D eigenvalue weighted by Crippen LogP contribution is -2.33. The molecule has 3 rings (SSSR count). The van der Waals surface area contributed by atoms with Crippen molar-refractivity contribution in [1.82, 2.24) is 4.90 Å². The van der Waals surface area contributed by atoms with Crippen LogP contribution in [0.15, 0.2) is 18.2 Å². The number of nitrogens with one attached hydrogen (secondary N) is 1. The number of fused-ring (bicyclic) bond motifs is 1. The normalized spacial score (nSPS) is 25.4. The number of nitrogens with zero attached hydrogens (tertiary/aromatic N) is 2. The lowest BCUT2D eigenvalue weighted by atomic mass is 10.1. The number of nitro groups is 1. The van der Waals surface area contributed by atoms with Crippen molar-refractivity contribution < 1.29 is 9.66 Å². The van der Waals surface area contributed by atoms with Crippen LogP contribution in [0.5, 0.6) is 5.75 Å². The third-order valence-electron chi connectivity index (χ3n) is 4.34. The number of hydrogen-bond acceptors (Lipinski definition) is 5. The first-order chi connectivity index (χ1) is 9.69. The lowest BCUT2D eigenvalue weighted by Gasteiger charge is -2.23. The minimum Gasteiger partial charge on any atom is -0.494 e. The van der Waals surface area contributed by atoms with E-state index in [9.17, 15) is 10.1 Å². The predicted octanol–water partition coefficient (Wildman–Crippen LogP) is 2.25. The Balaban J connectivity index is 1.78. The Morgan fingerprint density at radius 2 is 2.25 bits per heavy atom. The molecule has 2 aliphatic rings. The average Bonchev–Trinajstić information content (AvgIpc) is 3.04. The summed E-state index contributed by atoms with van der Waals surface area (Å²) in [5.41, 5.74) is 0.901. The molecule has 0 aliphatic carbocycles. The van der Waals surface area contributed by atoms with Gasteiger partial charge in [0.1, 0.15) is 5.75 Å². The smallest absolute Gasteiger partial charge is 0.273 e. The number of methoxy groups -OCH3 is 1. The largest absolute Gasteiger partial charge is 0.494 e. The van der Waals surface area contributed by atoms with Crippen molar-refractivity contribution in [3.8, 4) is 5.75 Å². The molecular formula is C14H19N3O3. The first-order valence-electron chi connectivity index (χ1n) is 7.02. The van der Waals surface area contributed by atoms with Crippen molar-refractivity contribution in [2.24, 2.45) is 0 Å². The maximum atomic E-state index is 10.8. The molecule has 1 N–H and O–H groups in total. The minimum absolute atomic E-state index is 0.0568. The van der Waals surface area contributed by atoms with Crippen LogP contribution in [0, 0.1) is 10.1 Å². The molecule has 0 bridgehead atoms. The van der Waals surface area contributed by atoms with Gasteiger partial charge in [0.2, 0.25) is 0 Å². The highest BCUT2D eigenvalue weighted by Crippen LogP contribution is 2.34. The monoisotopic (exact) mass is 277 g/mol. The second-order valence-electron chi connectivity index (χ2n) is 5.43. The van der Waals surface area contributed by atoms with Gasteiger partial charge in [-0.2, -0.15) is 0 Å². The molecule has 2 heterocycles. The fraction of sp³-hybridized carbons (Fsp3) is 0.571. The van der Waals surface area contributed by atoms with E-state index >= 15 is 0 Å². The summed E-state index contributed by atoms with van der Waals surface area (Å²) in [4.78, 5) is 12.9. The molecule has 0 amide bonds. The zero-order chi connectivity index (χ0) is 14.1. The molecule has 2 aliphatic heterocycles. The van der Waals surface area contributed by atoms with Crippen LogP contribution in [0.1, 0.15) is 19.3 Å². The molecule has 1 aromatic carbocycles. The van der Waals surface area contributed by atoms with Gasteiger partial charge in [0.25, 0.3) is 5.69 Å². The molecule has 2 atom stereocenters. The fourth-order valence-electron chi connectivity index (χ4n) is 3.36. The molecule has 0 aromatic heterocycles. The van der Waals surface area contributed by atoms with E-state index < -0.39 is 4.92 Å². The maximum Gasteiger partial charge on any atom is 0.273 e. The van der Waals surface area contributed by atoms with Crippen LogP contribution in [0.4, 0.5) is 11.4 Å². The fourth-order valence-corrected chi connectivity index (χ4v) is 3.36. The summed E-state index contributed by atoms with van der Waals surface area (Å²) >= 11 is 0. The van der Waals surface area contributed by atoms with E-state index in [4.69, 9.17) is 4.74 Å². The maximum absolute atomic E-state index is 10.8. The van der Waals surface area contributed by atoms with Crippen molar-refractivity contribution in [1.29, 1.82) is 0 Å². The Morgan fingerprint density at radius 3 is 3.00 bits per heavy atom. The van der Waals surface area contributed by atoms with Crippen molar-refractivity contribution >= 4 is 11.4 Å². The molecule has 6 heteroatoms. The Kier molecular flexibility index (Phi) is 3.48. The van der Waals surface area contributed by atoms with Gasteiger partial charge in [-0.25, -0.2) is 0 Å². The van der Waals surface area contributed by atoms with E-state index in [2.05, 4.69) is 10.2 Å². The summed E-state index contributed by atoms with van der Waals surface area (Å²) in [7, 11) is 1.54. The Hall–Kier alpha value is -1.82. The number of non-ortho nitro benzene ring substituents is 1. The second kappa shape index (κ2) is 5.28. The summed E-state index contributed by atoms with van der Waals surface area (Å²) < 4.78 is 5.28. The van der Waals surface area contributed by atoms with Gasteiger partial charge in [-0.05, 0) is 31.9 Å². The van der Waals surface area contributed by atoms with Gasteiger partial charge in [0, 0.05) is 24.7 Å². The minimum atomic E-state index is -0.402. The molecule has 0 saturated carbocycles. The van der Waals surface area contributed by atoms with Crippen LogP contribution in [0.2, 0.25) is 0 Å². The number of nitro benzene ring substituents is 1. The van der Waals surface area contributed by atoms with Crippen LogP contribution < -0.4 is 10.1 Å². The summed E-state index contributed by atoms with van der Waals surface area (Å²) in [5, 5.41) is 14.3. The average molecular weight is 277 g/mol. The number of rotatable bonds is 4. The van der Waals surface area contributed by atoms with Crippen LogP contribution in [0.25, 0.3) is 0 Å². The number of hydrogen-bond donors (Lipinski definition) is 1. The quantitative estimate of drug-likeness (QED) is 0.675. The van der Waals surface area contributed by atoms with Crippen molar-refractivity contribution in [2.75, 3.05) is 25.5 Å². The van der Waals surface area contributed by atoms with Crippen LogP contribution in [0.3, 0.4) is 0 Å². The van der Waals surface area contributed by atoms with Gasteiger partial charge in [0.05, 0.1) is 23.8 Å². The topological polar surface area (TPSA) is 67.6 Å². The van der Waals surface area contributed by atoms with E-state index in [0.717, 1.165) is 18.7 Å². The van der Waals surface area contributed by atoms with Crippen molar-refractivity contribution in [2.45, 2.75) is 31.3 Å². The summed E-state index contributed by atoms with van der Waals surface area (Å²) in [6.45, 7) is 2.33. The van der Waals surface area contributed by atoms with Gasteiger partial charge < -0.3 is 10.1 Å². The SMILES string of the molecule is COc1cc([N+](=O)[O-])ccc1NC1CCN2CCCC12. The van der Waals surface area contributed by atoms with Gasteiger partial charge in [-0.15, -0.1) is 0 Å². The molecular weight excluding hydrogens is 258 g/mol. The molecule has 0 radical (unpaired) electrons. The zero-order valence-electron chi connectivity index (χ0n) is 11.5. The highest BCUT2D eigenvalue weighted by Gasteiger charge is 2.37. The highest BCUT2D eigenvalue weighted by atomic mass is 16.6. The van der Waals surface area contributed by atoms with Crippen molar-refractivity contribution in [3.05, 3.63) is 28.3 Å². The van der Waals surface area contributed by atoms with Crippen LogP contribution >= 0.6 is 0 Å². The first-order valence-corrected chi connectivity index (χ1v) is 7.02. The molecule has 1 aromatic rings. The first kappa shape index (κ1) is 13.2. The number of benzene rings is 1. The third kappa shape index (κ3) is 2.31. The van der Waals surface area contributed by atoms with Gasteiger partial charge in [-0.3, -0.25) is 15.0 Å². The third-order valence-corrected chi connectivity index (χ3v) is 4.34. The van der Waals surface area contributed by atoms with Crippen LogP contribution in [-0.4, -0.2) is 42.1 Å². The molecule has 108 valence electrons. The second-order valence-corrected chi connectivity index (χ2v) is 5.43. The molecule has 6 nitrogen and oxygen atoms in total. The predicted molar refractivity (Wildman–Crippen MR) is 76.3 cm³/mol. The van der Waals surface area contributed by atoms with Gasteiger partial charge in [-0.1, -0.05) is 0 Å². The van der Waals surface area contributed by atoms with Gasteiger partial charge in [0.15, 0.2) is 0 Å². The summed E-state index contributed by atoms with van der Waals surface area (Å²) in [5.74, 6) is 0.538. The van der Waals surface area contributed by atoms with E-state index in [-0.39, 0.29) is 5.69 Å². The molecule has 2 unspecified atom stereocenters. The molecule has 2 fully saturated rings. The van der Waals surface area contributed by atoms with E-state index in [1.54, 1.807) is 13.2 Å². The van der Waals surface area contributed by atoms with E-state index in [0.29, 0.717) is 17.8 Å². The summed E-state index contributed by atoms with van der Waals surface area (Å²) in [6.07, 6.45) is 3.61. The summed E-state index contributed by atoms with van der Waals surface area (Å²) in [6, 6.07) is 5.74. The molecule has 20 heavy (non-hydrogen) atoms. The lowest BCUT2D eigenvalue weighted by molar-refractivity contribution is -0.384. The Labute approximate surface area is 117 Å². The zero-order valence-corrected chi connectivity index (χ0v) is 11.5. The van der Waals surface area contributed by atoms with Crippen LogP contribution in [-0.2, 0) is 0 Å². The standard InChI is InChI=1S/C14H19N3O3/c1-20-14-9-10(17(18)19)4-5-12(14)15-11-6-8-16-7-2-3-13(11)16/h4-5,9,11,13,15H,2-3,6-8H2,1H3. The van der Waals surface area contributed by atoms with Gasteiger partial charge >= 0.3 is 0 Å². The molecule has 0 spiro atoms. The number of ether oxygens (including phenoxy) is 1. The Bertz CT molecular complexity index is 520. The van der Waals surface area contributed by atoms with E-state index in [1.807, 2.05) is 0 Å². The van der Waals surface area contributed by atoms with Crippen molar-refractivity contribution in [3.63, 3.8) is 0 Å². The number of anilines is 1. The Morgan fingerprint density at radius 1 is 1.40 bits per heavy atom.